The molecular weight excluding hydrogens is 402 g/mol. The Bertz CT molecular complexity index is 1180. The van der Waals surface area contributed by atoms with Crippen LogP contribution in [0.3, 0.4) is 0 Å². The van der Waals surface area contributed by atoms with E-state index in [1.165, 1.54) is 0 Å². The summed E-state index contributed by atoms with van der Waals surface area (Å²) >= 11 is 0. The molecule has 5 nitrogen and oxygen atoms in total. The molecule has 3 aromatic rings. The van der Waals surface area contributed by atoms with Crippen LogP contribution in [0, 0.1) is 0 Å². The number of rotatable bonds is 7. The van der Waals surface area contributed by atoms with Gasteiger partial charge in [-0.05, 0) is 42.2 Å². The summed E-state index contributed by atoms with van der Waals surface area (Å²) in [6, 6.07) is 21.5. The molecule has 1 aliphatic heterocycles. The summed E-state index contributed by atoms with van der Waals surface area (Å²) in [5, 5.41) is 0. The standard InChI is InChI=1S/C27H23NO4/c1-3-27(2,17-29)21-14-12-19(13-15-21)18-8-10-20(11-9-18)24(30)16-28-25(31)22-6-4-5-7-23(22)26(28)32/h4-15,17H,3,16H2,1-2H3. The van der Waals surface area contributed by atoms with Gasteiger partial charge in [-0.1, -0.05) is 67.6 Å². The van der Waals surface area contributed by atoms with E-state index in [4.69, 9.17) is 0 Å². The number of nitrogens with zero attached hydrogens (tertiary/aromatic N) is 1. The Balaban J connectivity index is 1.48. The molecular formula is C27H23NO4. The number of carbonyl (C=O) groups excluding carboxylic acids is 4. The van der Waals surface area contributed by atoms with Crippen molar-refractivity contribution in [3.05, 3.63) is 95.1 Å². The number of hydrogen-bond acceptors (Lipinski definition) is 4. The summed E-state index contributed by atoms with van der Waals surface area (Å²) < 4.78 is 0. The smallest absolute Gasteiger partial charge is 0.261 e. The van der Waals surface area contributed by atoms with Crippen molar-refractivity contribution in [3.8, 4) is 11.1 Å². The molecule has 0 fully saturated rings. The van der Waals surface area contributed by atoms with Gasteiger partial charge in [-0.25, -0.2) is 0 Å². The molecule has 160 valence electrons. The van der Waals surface area contributed by atoms with Gasteiger partial charge in [0, 0.05) is 11.0 Å². The second-order valence-corrected chi connectivity index (χ2v) is 8.21. The zero-order chi connectivity index (χ0) is 22.9. The normalized spacial score (nSPS) is 14.8. The fourth-order valence-electron chi connectivity index (χ4n) is 3.87. The Morgan fingerprint density at radius 3 is 1.81 bits per heavy atom. The third-order valence-electron chi connectivity index (χ3n) is 6.26. The molecule has 0 bridgehead atoms. The van der Waals surface area contributed by atoms with Crippen LogP contribution in [0.25, 0.3) is 11.1 Å². The van der Waals surface area contributed by atoms with Crippen LogP contribution < -0.4 is 0 Å². The number of amides is 2. The minimum absolute atomic E-state index is 0.290. The van der Waals surface area contributed by atoms with Crippen molar-refractivity contribution >= 4 is 23.9 Å². The first-order valence-corrected chi connectivity index (χ1v) is 10.5. The fourth-order valence-corrected chi connectivity index (χ4v) is 3.87. The van der Waals surface area contributed by atoms with Crippen molar-refractivity contribution in [2.75, 3.05) is 6.54 Å². The van der Waals surface area contributed by atoms with Crippen LogP contribution >= 0.6 is 0 Å². The highest BCUT2D eigenvalue weighted by atomic mass is 16.2. The summed E-state index contributed by atoms with van der Waals surface area (Å²) in [5.74, 6) is -1.18. The topological polar surface area (TPSA) is 71.5 Å². The number of imide groups is 1. The zero-order valence-electron chi connectivity index (χ0n) is 18.0. The molecule has 4 rings (SSSR count). The van der Waals surface area contributed by atoms with Gasteiger partial charge in [0.25, 0.3) is 11.8 Å². The van der Waals surface area contributed by atoms with Crippen molar-refractivity contribution in [1.29, 1.82) is 0 Å². The van der Waals surface area contributed by atoms with E-state index in [1.807, 2.05) is 50.2 Å². The predicted octanol–water partition coefficient (Wildman–Crippen LogP) is 4.70. The van der Waals surface area contributed by atoms with Crippen molar-refractivity contribution in [2.24, 2.45) is 0 Å². The molecule has 1 atom stereocenters. The van der Waals surface area contributed by atoms with Gasteiger partial charge in [0.1, 0.15) is 6.29 Å². The Kier molecular flexibility index (Phi) is 5.57. The number of fused-ring (bicyclic) bond motifs is 1. The average Bonchev–Trinajstić information content (AvgIpc) is 3.08. The first kappa shape index (κ1) is 21.4. The van der Waals surface area contributed by atoms with Crippen LogP contribution in [0.15, 0.2) is 72.8 Å². The number of hydrogen-bond donors (Lipinski definition) is 0. The van der Waals surface area contributed by atoms with Gasteiger partial charge in [0.2, 0.25) is 0 Å². The maximum atomic E-state index is 12.7. The third kappa shape index (κ3) is 3.66. The second kappa shape index (κ2) is 8.35. The van der Waals surface area contributed by atoms with E-state index in [0.717, 1.165) is 34.3 Å². The van der Waals surface area contributed by atoms with Crippen molar-refractivity contribution in [3.63, 3.8) is 0 Å². The van der Waals surface area contributed by atoms with Crippen LogP contribution in [0.1, 0.15) is 56.9 Å². The molecule has 0 aliphatic carbocycles. The SMILES string of the molecule is CCC(C)(C=O)c1ccc(-c2ccc(C(=O)CN3C(=O)c4ccccc4C3=O)cc2)cc1. The number of aldehydes is 1. The summed E-state index contributed by atoms with van der Waals surface area (Å²) in [6.45, 7) is 3.62. The van der Waals surface area contributed by atoms with Gasteiger partial charge < -0.3 is 4.79 Å². The van der Waals surface area contributed by atoms with Gasteiger partial charge in [0.15, 0.2) is 5.78 Å². The lowest BCUT2D eigenvalue weighted by molar-refractivity contribution is -0.112. The van der Waals surface area contributed by atoms with Crippen molar-refractivity contribution in [1.82, 2.24) is 4.90 Å². The van der Waals surface area contributed by atoms with Gasteiger partial charge in [-0.2, -0.15) is 0 Å². The van der Waals surface area contributed by atoms with Crippen molar-refractivity contribution < 1.29 is 19.2 Å². The molecule has 32 heavy (non-hydrogen) atoms. The summed E-state index contributed by atoms with van der Waals surface area (Å²) in [4.78, 5) is 50.2. The molecule has 2 amide bonds. The first-order chi connectivity index (χ1) is 15.4. The second-order valence-electron chi connectivity index (χ2n) is 8.21. The first-order valence-electron chi connectivity index (χ1n) is 10.5. The molecule has 3 aromatic carbocycles. The van der Waals surface area contributed by atoms with Gasteiger partial charge in [0.05, 0.1) is 17.7 Å². The summed E-state index contributed by atoms with van der Waals surface area (Å²) in [6.07, 6.45) is 1.70. The number of benzene rings is 3. The number of carbonyl (C=O) groups is 4. The minimum atomic E-state index is -0.501. The molecule has 1 heterocycles. The summed E-state index contributed by atoms with van der Waals surface area (Å²) in [7, 11) is 0. The molecule has 5 heteroatoms. The van der Waals surface area contributed by atoms with Crippen molar-refractivity contribution in [2.45, 2.75) is 25.7 Å². The van der Waals surface area contributed by atoms with E-state index < -0.39 is 17.2 Å². The third-order valence-corrected chi connectivity index (χ3v) is 6.26. The molecule has 1 unspecified atom stereocenters. The number of Topliss-reactive ketones (excluding diaryl/α,β-unsaturated/α-hetero) is 1. The van der Waals surface area contributed by atoms with Crippen LogP contribution in [0.2, 0.25) is 0 Å². The largest absolute Gasteiger partial charge is 0.302 e. The quantitative estimate of drug-likeness (QED) is 0.313. The Morgan fingerprint density at radius 1 is 0.844 bits per heavy atom. The van der Waals surface area contributed by atoms with Crippen LogP contribution in [-0.4, -0.2) is 35.3 Å². The minimum Gasteiger partial charge on any atom is -0.302 e. The van der Waals surface area contributed by atoms with E-state index in [9.17, 15) is 19.2 Å². The fraction of sp³-hybridized carbons (Fsp3) is 0.185. The highest BCUT2D eigenvalue weighted by Gasteiger charge is 2.36. The highest BCUT2D eigenvalue weighted by Crippen LogP contribution is 2.28. The Labute approximate surface area is 186 Å². The molecule has 0 radical (unpaired) electrons. The lowest BCUT2D eigenvalue weighted by Gasteiger charge is -2.21. The van der Waals surface area contributed by atoms with Crippen LogP contribution in [0.5, 0.6) is 0 Å². The van der Waals surface area contributed by atoms with Crippen LogP contribution in [-0.2, 0) is 10.2 Å². The predicted molar refractivity (Wildman–Crippen MR) is 122 cm³/mol. The highest BCUT2D eigenvalue weighted by molar-refractivity contribution is 6.23. The van der Waals surface area contributed by atoms with E-state index in [1.54, 1.807) is 36.4 Å². The van der Waals surface area contributed by atoms with E-state index >= 15 is 0 Å². The summed E-state index contributed by atoms with van der Waals surface area (Å²) in [5.41, 5.74) is 3.46. The molecule has 0 N–H and O–H groups in total. The van der Waals surface area contributed by atoms with Gasteiger partial charge in [-0.3, -0.25) is 19.3 Å². The molecule has 0 saturated carbocycles. The Hall–Kier alpha value is -3.86. The lowest BCUT2D eigenvalue weighted by Crippen LogP contribution is -2.34. The molecule has 0 spiro atoms. The van der Waals surface area contributed by atoms with Gasteiger partial charge in [-0.15, -0.1) is 0 Å². The molecule has 1 aliphatic rings. The monoisotopic (exact) mass is 425 g/mol. The Morgan fingerprint density at radius 2 is 1.34 bits per heavy atom. The van der Waals surface area contributed by atoms with E-state index in [-0.39, 0.29) is 12.3 Å². The lowest BCUT2D eigenvalue weighted by atomic mass is 9.81. The average molecular weight is 425 g/mol. The molecule has 0 aromatic heterocycles. The molecule has 0 saturated heterocycles. The maximum absolute atomic E-state index is 12.7. The van der Waals surface area contributed by atoms with E-state index in [0.29, 0.717) is 16.7 Å². The number of ketones is 1. The van der Waals surface area contributed by atoms with E-state index in [2.05, 4.69) is 0 Å². The van der Waals surface area contributed by atoms with Gasteiger partial charge >= 0.3 is 0 Å². The zero-order valence-corrected chi connectivity index (χ0v) is 18.0. The van der Waals surface area contributed by atoms with Crippen LogP contribution in [0.4, 0.5) is 0 Å². The maximum Gasteiger partial charge on any atom is 0.261 e.